The molecule has 122 valence electrons. The van der Waals surface area contributed by atoms with Gasteiger partial charge in [-0.15, -0.1) is 0 Å². The van der Waals surface area contributed by atoms with Gasteiger partial charge >= 0.3 is 0 Å². The van der Waals surface area contributed by atoms with Crippen LogP contribution in [0.1, 0.15) is 37.0 Å². The Morgan fingerprint density at radius 3 is 2.27 bits per heavy atom. The molecule has 1 aliphatic rings. The first-order valence-corrected chi connectivity index (χ1v) is 8.95. The first-order chi connectivity index (χ1) is 10.3. The zero-order valence-electron chi connectivity index (χ0n) is 13.0. The van der Waals surface area contributed by atoms with Crippen molar-refractivity contribution in [3.63, 3.8) is 0 Å². The molecule has 0 saturated carbocycles. The number of likely N-dealkylation sites (tertiary alicyclic amines) is 1. The number of hydrogen-bond donors (Lipinski definition) is 2. The van der Waals surface area contributed by atoms with Crippen LogP contribution in [0.4, 0.5) is 0 Å². The fourth-order valence-corrected chi connectivity index (χ4v) is 3.69. The minimum absolute atomic E-state index is 0.0762. The maximum atomic E-state index is 12.4. The van der Waals surface area contributed by atoms with Gasteiger partial charge in [0.1, 0.15) is 0 Å². The van der Waals surface area contributed by atoms with Gasteiger partial charge in [-0.1, -0.05) is 0 Å². The predicted octanol–water partition coefficient (Wildman–Crippen LogP) is 0.937. The van der Waals surface area contributed by atoms with Crippen molar-refractivity contribution in [3.8, 4) is 0 Å². The van der Waals surface area contributed by atoms with Gasteiger partial charge in [-0.25, -0.2) is 13.1 Å². The monoisotopic (exact) mass is 325 g/mol. The van der Waals surface area contributed by atoms with Crippen LogP contribution in [0.2, 0.25) is 0 Å². The Morgan fingerprint density at radius 2 is 1.77 bits per heavy atom. The number of amides is 1. The van der Waals surface area contributed by atoms with Crippen LogP contribution in [-0.2, 0) is 10.0 Å². The summed E-state index contributed by atoms with van der Waals surface area (Å²) in [6.45, 7) is 4.82. The minimum Gasteiger partial charge on any atom is -0.339 e. The Morgan fingerprint density at radius 1 is 1.23 bits per heavy atom. The summed E-state index contributed by atoms with van der Waals surface area (Å²) in [7, 11) is -3.53. The SMILES string of the molecule is CC(C)NS(=O)(=O)c1ccc(C(=O)N2CCC(N)CC2)cc1. The average Bonchev–Trinajstić information content (AvgIpc) is 2.46. The Hall–Kier alpha value is -1.44. The molecular formula is C15H23N3O3S. The van der Waals surface area contributed by atoms with Gasteiger partial charge in [0.25, 0.3) is 5.91 Å². The van der Waals surface area contributed by atoms with E-state index in [2.05, 4.69) is 4.72 Å². The van der Waals surface area contributed by atoms with E-state index in [0.717, 1.165) is 12.8 Å². The molecule has 7 heteroatoms. The van der Waals surface area contributed by atoms with Crippen molar-refractivity contribution in [3.05, 3.63) is 29.8 Å². The van der Waals surface area contributed by atoms with Crippen molar-refractivity contribution < 1.29 is 13.2 Å². The molecule has 1 aromatic rings. The highest BCUT2D eigenvalue weighted by atomic mass is 32.2. The summed E-state index contributed by atoms with van der Waals surface area (Å²) in [6.07, 6.45) is 1.60. The lowest BCUT2D eigenvalue weighted by Crippen LogP contribution is -2.42. The molecule has 1 aliphatic heterocycles. The summed E-state index contributed by atoms with van der Waals surface area (Å²) in [6, 6.07) is 6.04. The molecule has 0 radical (unpaired) electrons. The van der Waals surface area contributed by atoms with Crippen LogP contribution >= 0.6 is 0 Å². The third-order valence-corrected chi connectivity index (χ3v) is 5.30. The Labute approximate surface area is 131 Å². The standard InChI is InChI=1S/C15H23N3O3S/c1-11(2)17-22(20,21)14-5-3-12(4-6-14)15(19)18-9-7-13(16)8-10-18/h3-6,11,13,17H,7-10,16H2,1-2H3. The van der Waals surface area contributed by atoms with E-state index in [4.69, 9.17) is 5.73 Å². The third kappa shape index (κ3) is 4.06. The lowest BCUT2D eigenvalue weighted by molar-refractivity contribution is 0.0714. The summed E-state index contributed by atoms with van der Waals surface area (Å²) in [4.78, 5) is 14.3. The zero-order chi connectivity index (χ0) is 16.3. The summed E-state index contributed by atoms with van der Waals surface area (Å²) in [5.41, 5.74) is 6.33. The maximum Gasteiger partial charge on any atom is 0.253 e. The van der Waals surface area contributed by atoms with Gasteiger partial charge in [-0.3, -0.25) is 4.79 Å². The maximum absolute atomic E-state index is 12.4. The second kappa shape index (κ2) is 6.76. The number of rotatable bonds is 4. The van der Waals surface area contributed by atoms with Crippen LogP contribution < -0.4 is 10.5 Å². The lowest BCUT2D eigenvalue weighted by Gasteiger charge is -2.30. The molecule has 1 amide bonds. The molecule has 0 atom stereocenters. The van der Waals surface area contributed by atoms with Crippen molar-refractivity contribution in [2.75, 3.05) is 13.1 Å². The van der Waals surface area contributed by atoms with Gasteiger partial charge in [0.05, 0.1) is 4.90 Å². The average molecular weight is 325 g/mol. The number of nitrogens with one attached hydrogen (secondary N) is 1. The molecule has 2 rings (SSSR count). The smallest absolute Gasteiger partial charge is 0.253 e. The first-order valence-electron chi connectivity index (χ1n) is 7.47. The number of carbonyl (C=O) groups is 1. The van der Waals surface area contributed by atoms with Gasteiger partial charge in [0, 0.05) is 30.7 Å². The quantitative estimate of drug-likeness (QED) is 0.861. The third-order valence-electron chi connectivity index (χ3n) is 3.63. The number of hydrogen-bond acceptors (Lipinski definition) is 4. The lowest BCUT2D eigenvalue weighted by atomic mass is 10.1. The fraction of sp³-hybridized carbons (Fsp3) is 0.533. The topological polar surface area (TPSA) is 92.5 Å². The molecule has 22 heavy (non-hydrogen) atoms. The molecule has 0 aliphatic carbocycles. The normalized spacial score (nSPS) is 17.0. The molecule has 1 heterocycles. The molecule has 0 aromatic heterocycles. The highest BCUT2D eigenvalue weighted by Crippen LogP contribution is 2.15. The number of piperidine rings is 1. The molecule has 0 spiro atoms. The highest BCUT2D eigenvalue weighted by Gasteiger charge is 2.22. The van der Waals surface area contributed by atoms with E-state index in [1.807, 2.05) is 0 Å². The number of nitrogens with two attached hydrogens (primary N) is 1. The van der Waals surface area contributed by atoms with Crippen LogP contribution in [0.3, 0.4) is 0 Å². The molecule has 1 fully saturated rings. The Bertz CT molecular complexity index is 618. The van der Waals surface area contributed by atoms with Gasteiger partial charge < -0.3 is 10.6 Å². The summed E-state index contributed by atoms with van der Waals surface area (Å²) >= 11 is 0. The van der Waals surface area contributed by atoms with Gasteiger partial charge in [-0.05, 0) is 51.0 Å². The zero-order valence-corrected chi connectivity index (χ0v) is 13.8. The van der Waals surface area contributed by atoms with E-state index in [9.17, 15) is 13.2 Å². The van der Waals surface area contributed by atoms with E-state index in [1.54, 1.807) is 30.9 Å². The molecule has 0 bridgehead atoms. The molecule has 1 saturated heterocycles. The highest BCUT2D eigenvalue weighted by molar-refractivity contribution is 7.89. The predicted molar refractivity (Wildman–Crippen MR) is 85.0 cm³/mol. The van der Waals surface area contributed by atoms with Crippen molar-refractivity contribution in [2.24, 2.45) is 5.73 Å². The largest absolute Gasteiger partial charge is 0.339 e. The van der Waals surface area contributed by atoms with Crippen molar-refractivity contribution in [1.82, 2.24) is 9.62 Å². The van der Waals surface area contributed by atoms with Crippen molar-refractivity contribution in [1.29, 1.82) is 0 Å². The van der Waals surface area contributed by atoms with Crippen molar-refractivity contribution in [2.45, 2.75) is 43.7 Å². The van der Waals surface area contributed by atoms with Crippen LogP contribution in [0, 0.1) is 0 Å². The van der Waals surface area contributed by atoms with Crippen LogP contribution in [-0.4, -0.2) is 44.4 Å². The van der Waals surface area contributed by atoms with Crippen LogP contribution in [0.25, 0.3) is 0 Å². The van der Waals surface area contributed by atoms with Gasteiger partial charge in [0.15, 0.2) is 0 Å². The minimum atomic E-state index is -3.53. The van der Waals surface area contributed by atoms with Gasteiger partial charge in [-0.2, -0.15) is 0 Å². The van der Waals surface area contributed by atoms with Crippen molar-refractivity contribution >= 4 is 15.9 Å². The molecule has 6 nitrogen and oxygen atoms in total. The van der Waals surface area contributed by atoms with E-state index < -0.39 is 10.0 Å². The molecule has 3 N–H and O–H groups in total. The van der Waals surface area contributed by atoms with Crippen LogP contribution in [0.5, 0.6) is 0 Å². The Balaban J connectivity index is 2.10. The van der Waals surface area contributed by atoms with E-state index in [-0.39, 0.29) is 22.9 Å². The number of benzene rings is 1. The number of nitrogens with zero attached hydrogens (tertiary/aromatic N) is 1. The van der Waals surface area contributed by atoms with E-state index in [1.165, 1.54) is 12.1 Å². The second-order valence-corrected chi connectivity index (χ2v) is 7.64. The molecular weight excluding hydrogens is 302 g/mol. The number of sulfonamides is 1. The van der Waals surface area contributed by atoms with Gasteiger partial charge in [0.2, 0.25) is 10.0 Å². The first kappa shape index (κ1) is 16.9. The van der Waals surface area contributed by atoms with Crippen LogP contribution in [0.15, 0.2) is 29.2 Å². The van der Waals surface area contributed by atoms with E-state index in [0.29, 0.717) is 18.7 Å². The summed E-state index contributed by atoms with van der Waals surface area (Å²) in [5, 5.41) is 0. The second-order valence-electron chi connectivity index (χ2n) is 5.93. The number of carbonyl (C=O) groups excluding carboxylic acids is 1. The summed E-state index contributed by atoms with van der Waals surface area (Å²) < 4.78 is 26.6. The fourth-order valence-electron chi connectivity index (χ4n) is 2.44. The molecule has 0 unspecified atom stereocenters. The Kier molecular flexibility index (Phi) is 5.20. The van der Waals surface area contributed by atoms with E-state index >= 15 is 0 Å². The molecule has 1 aromatic carbocycles. The summed E-state index contributed by atoms with van der Waals surface area (Å²) in [5.74, 6) is -0.0762.